The third-order valence-corrected chi connectivity index (χ3v) is 3.72. The van der Waals surface area contributed by atoms with Gasteiger partial charge in [-0.2, -0.15) is 0 Å². The van der Waals surface area contributed by atoms with Crippen molar-refractivity contribution in [3.05, 3.63) is 64.7 Å². The van der Waals surface area contributed by atoms with Gasteiger partial charge in [-0.15, -0.1) is 0 Å². The minimum atomic E-state index is -0.160. The maximum absolute atomic E-state index is 11.7. The fourth-order valence-corrected chi connectivity index (χ4v) is 2.39. The largest absolute Gasteiger partial charge is 0.494 e. The topological polar surface area (TPSA) is 50.4 Å². The Bertz CT molecular complexity index is 644. The van der Waals surface area contributed by atoms with Gasteiger partial charge in [0.2, 0.25) is 0 Å². The molecule has 2 N–H and O–H groups in total. The Hall–Kier alpha value is -2.20. The highest BCUT2D eigenvalue weighted by molar-refractivity contribution is 6.30. The Morgan fingerprint density at radius 3 is 2.58 bits per heavy atom. The molecule has 2 aromatic rings. The van der Waals surface area contributed by atoms with Crippen LogP contribution in [-0.4, -0.2) is 25.7 Å². The van der Waals surface area contributed by atoms with Gasteiger partial charge in [-0.3, -0.25) is 0 Å². The molecule has 0 aromatic heterocycles. The third kappa shape index (κ3) is 6.92. The summed E-state index contributed by atoms with van der Waals surface area (Å²) in [4.78, 5) is 11.7. The molecular weight excluding hydrogens is 324 g/mol. The van der Waals surface area contributed by atoms with Crippen molar-refractivity contribution < 1.29 is 9.53 Å². The van der Waals surface area contributed by atoms with Gasteiger partial charge >= 0.3 is 6.03 Å². The van der Waals surface area contributed by atoms with Crippen molar-refractivity contribution in [2.45, 2.75) is 19.8 Å². The highest BCUT2D eigenvalue weighted by Crippen LogP contribution is 2.11. The van der Waals surface area contributed by atoms with Crippen LogP contribution in [0, 0.1) is 6.92 Å². The number of nitrogens with one attached hydrogen (secondary N) is 2. The van der Waals surface area contributed by atoms with E-state index in [1.807, 2.05) is 55.5 Å². The number of hydrogen-bond acceptors (Lipinski definition) is 2. The Morgan fingerprint density at radius 2 is 1.83 bits per heavy atom. The summed E-state index contributed by atoms with van der Waals surface area (Å²) in [7, 11) is 0. The molecule has 0 aliphatic carbocycles. The number of rotatable bonds is 8. The summed E-state index contributed by atoms with van der Waals surface area (Å²) in [6, 6.07) is 15.4. The van der Waals surface area contributed by atoms with Crippen LogP contribution < -0.4 is 15.4 Å². The predicted molar refractivity (Wildman–Crippen MR) is 97.8 cm³/mol. The smallest absolute Gasteiger partial charge is 0.314 e. The first-order chi connectivity index (χ1) is 11.6. The Labute approximate surface area is 148 Å². The molecule has 4 nitrogen and oxygen atoms in total. The third-order valence-electron chi connectivity index (χ3n) is 3.48. The molecular formula is C19H23ClN2O2. The molecule has 0 unspecified atom stereocenters. The van der Waals surface area contributed by atoms with Gasteiger partial charge in [-0.1, -0.05) is 41.4 Å². The second-order valence-corrected chi connectivity index (χ2v) is 6.01. The molecule has 0 atom stereocenters. The second-order valence-electron chi connectivity index (χ2n) is 5.58. The van der Waals surface area contributed by atoms with Gasteiger partial charge < -0.3 is 15.4 Å². The van der Waals surface area contributed by atoms with E-state index in [0.717, 1.165) is 24.2 Å². The molecule has 5 heteroatoms. The van der Waals surface area contributed by atoms with E-state index in [1.54, 1.807) is 0 Å². The number of ether oxygens (including phenoxy) is 1. The van der Waals surface area contributed by atoms with E-state index < -0.39 is 0 Å². The van der Waals surface area contributed by atoms with Crippen LogP contribution in [-0.2, 0) is 6.42 Å². The number of carbonyl (C=O) groups is 1. The summed E-state index contributed by atoms with van der Waals surface area (Å²) in [6.07, 6.45) is 1.51. The molecule has 0 radical (unpaired) electrons. The van der Waals surface area contributed by atoms with Crippen LogP contribution in [0.3, 0.4) is 0 Å². The van der Waals surface area contributed by atoms with Gasteiger partial charge in [-0.05, 0) is 49.6 Å². The fraction of sp³-hybridized carbons (Fsp3) is 0.316. The van der Waals surface area contributed by atoms with E-state index in [4.69, 9.17) is 16.3 Å². The molecule has 2 amide bonds. The molecule has 0 fully saturated rings. The van der Waals surface area contributed by atoms with Gasteiger partial charge in [0.15, 0.2) is 0 Å². The quantitative estimate of drug-likeness (QED) is 0.711. The number of aryl methyl sites for hydroxylation is 1. The molecule has 128 valence electrons. The zero-order valence-corrected chi connectivity index (χ0v) is 14.6. The SMILES string of the molecule is Cc1ccc(OCCCNC(=O)NCCc2cccc(Cl)c2)cc1. The zero-order valence-electron chi connectivity index (χ0n) is 13.8. The number of urea groups is 1. The lowest BCUT2D eigenvalue weighted by Gasteiger charge is -2.09. The summed E-state index contributed by atoms with van der Waals surface area (Å²) < 4.78 is 5.61. The van der Waals surface area contributed by atoms with E-state index >= 15 is 0 Å². The summed E-state index contributed by atoms with van der Waals surface area (Å²) >= 11 is 5.92. The van der Waals surface area contributed by atoms with Crippen LogP contribution in [0.4, 0.5) is 4.79 Å². The number of carbonyl (C=O) groups excluding carboxylic acids is 1. The van der Waals surface area contributed by atoms with Gasteiger partial charge in [0.05, 0.1) is 6.61 Å². The lowest BCUT2D eigenvalue weighted by Crippen LogP contribution is -2.37. The first kappa shape index (κ1) is 18.1. The molecule has 0 spiro atoms. The van der Waals surface area contributed by atoms with E-state index in [-0.39, 0.29) is 6.03 Å². The van der Waals surface area contributed by atoms with Crippen LogP contribution in [0.5, 0.6) is 5.75 Å². The standard InChI is InChI=1S/C19H23ClN2O2/c1-15-6-8-18(9-7-15)24-13-3-11-21-19(23)22-12-10-16-4-2-5-17(20)14-16/h2,4-9,14H,3,10-13H2,1H3,(H2,21,22,23). The molecule has 2 rings (SSSR count). The first-order valence-corrected chi connectivity index (χ1v) is 8.47. The van der Waals surface area contributed by atoms with E-state index in [1.165, 1.54) is 5.56 Å². The van der Waals surface area contributed by atoms with Crippen LogP contribution in [0.25, 0.3) is 0 Å². The van der Waals surface area contributed by atoms with Crippen molar-refractivity contribution >= 4 is 17.6 Å². The van der Waals surface area contributed by atoms with Crippen molar-refractivity contribution in [1.82, 2.24) is 10.6 Å². The molecule has 0 saturated carbocycles. The molecule has 0 aliphatic rings. The molecule has 0 heterocycles. The van der Waals surface area contributed by atoms with E-state index in [0.29, 0.717) is 24.7 Å². The fourth-order valence-electron chi connectivity index (χ4n) is 2.17. The van der Waals surface area contributed by atoms with Crippen LogP contribution in [0.15, 0.2) is 48.5 Å². The molecule has 2 aromatic carbocycles. The predicted octanol–water partition coefficient (Wildman–Crippen LogP) is 3.96. The van der Waals surface area contributed by atoms with Crippen LogP contribution in [0.1, 0.15) is 17.5 Å². The normalized spacial score (nSPS) is 10.2. The number of amides is 2. The highest BCUT2D eigenvalue weighted by Gasteiger charge is 2.00. The average Bonchev–Trinajstić information content (AvgIpc) is 2.56. The molecule has 0 aliphatic heterocycles. The minimum absolute atomic E-state index is 0.160. The Kier molecular flexibility index (Phi) is 7.43. The van der Waals surface area contributed by atoms with Crippen molar-refractivity contribution in [2.24, 2.45) is 0 Å². The molecule has 0 saturated heterocycles. The number of hydrogen-bond donors (Lipinski definition) is 2. The van der Waals surface area contributed by atoms with Gasteiger partial charge in [-0.25, -0.2) is 4.79 Å². The van der Waals surface area contributed by atoms with Gasteiger partial charge in [0, 0.05) is 18.1 Å². The maximum atomic E-state index is 11.7. The van der Waals surface area contributed by atoms with E-state index in [2.05, 4.69) is 10.6 Å². The van der Waals surface area contributed by atoms with Crippen LogP contribution in [0.2, 0.25) is 5.02 Å². The van der Waals surface area contributed by atoms with Gasteiger partial charge in [0.25, 0.3) is 0 Å². The van der Waals surface area contributed by atoms with Gasteiger partial charge in [0.1, 0.15) is 5.75 Å². The minimum Gasteiger partial charge on any atom is -0.494 e. The maximum Gasteiger partial charge on any atom is 0.314 e. The Balaban J connectivity index is 1.52. The lowest BCUT2D eigenvalue weighted by molar-refractivity contribution is 0.239. The highest BCUT2D eigenvalue weighted by atomic mass is 35.5. The molecule has 24 heavy (non-hydrogen) atoms. The summed E-state index contributed by atoms with van der Waals surface area (Å²) in [5.74, 6) is 0.853. The number of halogens is 1. The Morgan fingerprint density at radius 1 is 1.08 bits per heavy atom. The summed E-state index contributed by atoms with van der Waals surface area (Å²) in [5, 5.41) is 6.36. The van der Waals surface area contributed by atoms with Crippen molar-refractivity contribution in [3.63, 3.8) is 0 Å². The lowest BCUT2D eigenvalue weighted by atomic mass is 10.1. The summed E-state index contributed by atoms with van der Waals surface area (Å²) in [6.45, 7) is 3.77. The van der Waals surface area contributed by atoms with Crippen molar-refractivity contribution in [3.8, 4) is 5.75 Å². The number of benzene rings is 2. The van der Waals surface area contributed by atoms with E-state index in [9.17, 15) is 4.79 Å². The summed E-state index contributed by atoms with van der Waals surface area (Å²) in [5.41, 5.74) is 2.31. The molecule has 0 bridgehead atoms. The van der Waals surface area contributed by atoms with Crippen molar-refractivity contribution in [2.75, 3.05) is 19.7 Å². The zero-order chi connectivity index (χ0) is 17.2. The monoisotopic (exact) mass is 346 g/mol. The average molecular weight is 347 g/mol. The van der Waals surface area contributed by atoms with Crippen molar-refractivity contribution in [1.29, 1.82) is 0 Å². The second kappa shape index (κ2) is 9.83. The van der Waals surface area contributed by atoms with Crippen LogP contribution >= 0.6 is 11.6 Å². The first-order valence-electron chi connectivity index (χ1n) is 8.09.